The third-order valence-electron chi connectivity index (χ3n) is 5.65. The summed E-state index contributed by atoms with van der Waals surface area (Å²) in [5, 5.41) is 16.0. The highest BCUT2D eigenvalue weighted by Gasteiger charge is 2.35. The molecule has 12 heteroatoms. The van der Waals surface area contributed by atoms with Crippen LogP contribution < -0.4 is 26.4 Å². The number of pyridine rings is 2. The molecule has 0 radical (unpaired) electrons. The van der Waals surface area contributed by atoms with E-state index in [1.165, 1.54) is 29.2 Å². The van der Waals surface area contributed by atoms with Gasteiger partial charge in [0.1, 0.15) is 34.9 Å². The minimum atomic E-state index is -3.89. The molecule has 170 valence electrons. The van der Waals surface area contributed by atoms with Crippen LogP contribution in [0.4, 0.5) is 29.0 Å². The van der Waals surface area contributed by atoms with Crippen molar-refractivity contribution in [1.82, 2.24) is 9.97 Å². The molecule has 6 N–H and O–H groups in total. The number of nitrogens with two attached hydrogens (primary N) is 3. The van der Waals surface area contributed by atoms with Crippen LogP contribution in [-0.4, -0.2) is 37.4 Å². The van der Waals surface area contributed by atoms with Gasteiger partial charge >= 0.3 is 0 Å². The van der Waals surface area contributed by atoms with E-state index in [4.69, 9.17) is 16.6 Å². The van der Waals surface area contributed by atoms with Gasteiger partial charge in [-0.1, -0.05) is 0 Å². The van der Waals surface area contributed by atoms with Gasteiger partial charge in [0.25, 0.3) is 0 Å². The summed E-state index contributed by atoms with van der Waals surface area (Å²) in [4.78, 5) is 25.0. The van der Waals surface area contributed by atoms with Gasteiger partial charge in [-0.2, -0.15) is 5.26 Å². The lowest BCUT2D eigenvalue weighted by atomic mass is 10.0. The van der Waals surface area contributed by atoms with E-state index in [0.717, 1.165) is 0 Å². The highest BCUT2D eigenvalue weighted by atomic mass is 32.2. The van der Waals surface area contributed by atoms with Crippen LogP contribution in [-0.2, 0) is 21.2 Å². The van der Waals surface area contributed by atoms with Gasteiger partial charge in [-0.3, -0.25) is 9.69 Å². The molecule has 11 nitrogen and oxygen atoms in total. The summed E-state index contributed by atoms with van der Waals surface area (Å²) in [7, 11) is -3.89. The molecular formula is C21H22N8O3S. The molecule has 3 aromatic rings. The van der Waals surface area contributed by atoms with Crippen molar-refractivity contribution in [2.75, 3.05) is 34.4 Å². The molecule has 0 unspecified atom stereocenters. The maximum Gasteiger partial charge on any atom is 0.238 e. The Hall–Kier alpha value is -3.95. The van der Waals surface area contributed by atoms with Crippen molar-refractivity contribution in [3.63, 3.8) is 0 Å². The fraction of sp³-hybridized carbons (Fsp3) is 0.238. The van der Waals surface area contributed by atoms with E-state index in [0.29, 0.717) is 40.9 Å². The number of carbonyl (C=O) groups is 1. The van der Waals surface area contributed by atoms with Crippen molar-refractivity contribution in [2.45, 2.75) is 25.2 Å². The van der Waals surface area contributed by atoms with Crippen LogP contribution in [0, 0.1) is 11.3 Å². The first-order valence-corrected chi connectivity index (χ1v) is 11.7. The second-order valence-electron chi connectivity index (χ2n) is 7.47. The van der Waals surface area contributed by atoms with Crippen LogP contribution in [0.25, 0.3) is 10.8 Å². The SMILES string of the molecule is CCN(CC)c1nc(N)c2c(N)nc3c(c2c1C#N)CC(=O)N3c1ccc(S(N)(=O)=O)cc1. The van der Waals surface area contributed by atoms with E-state index in [-0.39, 0.29) is 40.2 Å². The molecule has 0 bridgehead atoms. The van der Waals surface area contributed by atoms with Crippen LogP contribution in [0.5, 0.6) is 0 Å². The summed E-state index contributed by atoms with van der Waals surface area (Å²) in [6.07, 6.45) is -0.0358. The maximum absolute atomic E-state index is 13.0. The number of nitrogen functional groups attached to an aromatic ring is 2. The fourth-order valence-corrected chi connectivity index (χ4v) is 4.63. The number of nitrogens with zero attached hydrogens (tertiary/aromatic N) is 5. The van der Waals surface area contributed by atoms with Crippen LogP contribution in [0.1, 0.15) is 25.0 Å². The van der Waals surface area contributed by atoms with Crippen LogP contribution in [0.2, 0.25) is 0 Å². The highest BCUT2D eigenvalue weighted by molar-refractivity contribution is 7.89. The number of sulfonamides is 1. The number of carbonyl (C=O) groups excluding carboxylic acids is 1. The van der Waals surface area contributed by atoms with Crippen LogP contribution in [0.15, 0.2) is 29.2 Å². The first kappa shape index (κ1) is 22.3. The zero-order valence-electron chi connectivity index (χ0n) is 18.0. The molecule has 33 heavy (non-hydrogen) atoms. The fourth-order valence-electron chi connectivity index (χ4n) is 4.11. The number of rotatable bonds is 5. The topological polar surface area (TPSA) is 185 Å². The molecule has 4 rings (SSSR count). The van der Waals surface area contributed by atoms with E-state index in [1.807, 2.05) is 18.7 Å². The van der Waals surface area contributed by atoms with Crippen molar-refractivity contribution in [3.05, 3.63) is 35.4 Å². The van der Waals surface area contributed by atoms with Crippen molar-refractivity contribution < 1.29 is 13.2 Å². The zero-order chi connectivity index (χ0) is 24.1. The minimum absolute atomic E-state index is 0.0358. The largest absolute Gasteiger partial charge is 0.383 e. The summed E-state index contributed by atoms with van der Waals surface area (Å²) < 4.78 is 23.1. The molecule has 0 saturated heterocycles. The average Bonchev–Trinajstić information content (AvgIpc) is 3.09. The molecule has 0 aliphatic carbocycles. The number of amides is 1. The van der Waals surface area contributed by atoms with Gasteiger partial charge < -0.3 is 16.4 Å². The third-order valence-corrected chi connectivity index (χ3v) is 6.58. The molecule has 0 atom stereocenters. The first-order chi connectivity index (χ1) is 15.6. The van der Waals surface area contributed by atoms with Crippen molar-refractivity contribution in [1.29, 1.82) is 5.26 Å². The molecule has 0 spiro atoms. The van der Waals surface area contributed by atoms with E-state index in [9.17, 15) is 18.5 Å². The molecule has 0 fully saturated rings. The number of anilines is 5. The van der Waals surface area contributed by atoms with Gasteiger partial charge in [-0.05, 0) is 38.1 Å². The lowest BCUT2D eigenvalue weighted by Crippen LogP contribution is -2.25. The average molecular weight is 467 g/mol. The normalized spacial score (nSPS) is 13.3. The molecule has 0 saturated carbocycles. The first-order valence-electron chi connectivity index (χ1n) is 10.1. The Balaban J connectivity index is 2.00. The summed E-state index contributed by atoms with van der Waals surface area (Å²) in [6.45, 7) is 5.09. The van der Waals surface area contributed by atoms with E-state index in [2.05, 4.69) is 16.0 Å². The molecule has 1 amide bonds. The molecule has 1 aliphatic heterocycles. The minimum Gasteiger partial charge on any atom is -0.383 e. The standard InChI is InChI=1S/C21H22N8O3S/c1-3-28(4-2)20-14(10-22)16-13-9-15(30)29(11-5-7-12(8-6-11)33(25,31)32)21(13)27-19(24)17(16)18(23)26-20/h5-8H,3-4,9H2,1-2H3,(H2,23,26)(H2,24,27)(H2,25,31,32). The zero-order valence-corrected chi connectivity index (χ0v) is 18.8. The Morgan fingerprint density at radius 1 is 1.09 bits per heavy atom. The number of hydrogen-bond donors (Lipinski definition) is 3. The van der Waals surface area contributed by atoms with Crippen LogP contribution >= 0.6 is 0 Å². The van der Waals surface area contributed by atoms with Crippen molar-refractivity contribution in [2.24, 2.45) is 5.14 Å². The maximum atomic E-state index is 13.0. The van der Waals surface area contributed by atoms with Gasteiger partial charge in [0.15, 0.2) is 0 Å². The molecule has 3 heterocycles. The predicted octanol–water partition coefficient (Wildman–Crippen LogP) is 1.38. The monoisotopic (exact) mass is 466 g/mol. The number of benzene rings is 1. The van der Waals surface area contributed by atoms with Crippen molar-refractivity contribution in [3.8, 4) is 6.07 Å². The Kier molecular flexibility index (Phi) is 5.31. The number of aromatic nitrogens is 2. The summed E-state index contributed by atoms with van der Waals surface area (Å²) in [6, 6.07) is 7.75. The summed E-state index contributed by atoms with van der Waals surface area (Å²) in [5.74, 6) is 0.542. The van der Waals surface area contributed by atoms with Gasteiger partial charge in [0.2, 0.25) is 15.9 Å². The Morgan fingerprint density at radius 2 is 1.70 bits per heavy atom. The summed E-state index contributed by atoms with van der Waals surface area (Å²) in [5.41, 5.74) is 13.6. The van der Waals surface area contributed by atoms with Crippen LogP contribution in [0.3, 0.4) is 0 Å². The Morgan fingerprint density at radius 3 is 2.24 bits per heavy atom. The summed E-state index contributed by atoms with van der Waals surface area (Å²) >= 11 is 0. The Labute approximate surface area is 190 Å². The number of hydrogen-bond acceptors (Lipinski definition) is 9. The van der Waals surface area contributed by atoms with Gasteiger partial charge in [0, 0.05) is 24.0 Å². The smallest absolute Gasteiger partial charge is 0.238 e. The van der Waals surface area contributed by atoms with Gasteiger partial charge in [-0.25, -0.2) is 23.5 Å². The van der Waals surface area contributed by atoms with Gasteiger partial charge in [-0.15, -0.1) is 0 Å². The third kappa shape index (κ3) is 3.47. The second kappa shape index (κ2) is 7.88. The Bertz CT molecular complexity index is 1440. The number of nitriles is 1. The van der Waals surface area contributed by atoms with Gasteiger partial charge in [0.05, 0.1) is 22.4 Å². The van der Waals surface area contributed by atoms with Crippen molar-refractivity contribution >= 4 is 55.7 Å². The van der Waals surface area contributed by atoms with E-state index < -0.39 is 10.0 Å². The molecule has 1 aromatic carbocycles. The quantitative estimate of drug-likeness (QED) is 0.499. The van der Waals surface area contributed by atoms with E-state index >= 15 is 0 Å². The molecular weight excluding hydrogens is 444 g/mol. The lowest BCUT2D eigenvalue weighted by Gasteiger charge is -2.23. The number of fused-ring (bicyclic) bond motifs is 3. The predicted molar refractivity (Wildman–Crippen MR) is 125 cm³/mol. The highest BCUT2D eigenvalue weighted by Crippen LogP contribution is 2.44. The second-order valence-corrected chi connectivity index (χ2v) is 9.04. The lowest BCUT2D eigenvalue weighted by molar-refractivity contribution is -0.116. The number of primary sulfonamides is 1. The molecule has 1 aliphatic rings. The molecule has 2 aromatic heterocycles. The van der Waals surface area contributed by atoms with E-state index in [1.54, 1.807) is 0 Å².